The highest BCUT2D eigenvalue weighted by atomic mass is 16.5. The summed E-state index contributed by atoms with van der Waals surface area (Å²) in [6.07, 6.45) is 3.62. The molecule has 2 aliphatic rings. The second-order valence-electron chi connectivity index (χ2n) is 5.50. The first-order valence-corrected chi connectivity index (χ1v) is 6.60. The molecule has 3 rings (SSSR count). The van der Waals surface area contributed by atoms with Crippen LogP contribution < -0.4 is 5.32 Å². The van der Waals surface area contributed by atoms with Crippen molar-refractivity contribution in [2.75, 3.05) is 19.8 Å². The summed E-state index contributed by atoms with van der Waals surface area (Å²) in [5.74, 6) is 0. The van der Waals surface area contributed by atoms with E-state index in [-0.39, 0.29) is 0 Å². The second-order valence-corrected chi connectivity index (χ2v) is 5.50. The monoisotopic (exact) mass is 242 g/mol. The van der Waals surface area contributed by atoms with E-state index >= 15 is 0 Å². The van der Waals surface area contributed by atoms with E-state index < -0.39 is 0 Å². The van der Waals surface area contributed by atoms with E-state index in [4.69, 9.17) is 11.3 Å². The van der Waals surface area contributed by atoms with E-state index in [1.807, 2.05) is 12.1 Å². The first kappa shape index (κ1) is 11.7. The van der Waals surface area contributed by atoms with Gasteiger partial charge in [-0.2, -0.15) is 0 Å². The zero-order valence-corrected chi connectivity index (χ0v) is 10.5. The van der Waals surface area contributed by atoms with E-state index in [0.717, 1.165) is 26.2 Å². The summed E-state index contributed by atoms with van der Waals surface area (Å²) in [4.78, 5) is 3.43. The molecule has 0 saturated carbocycles. The fraction of sp³-hybridized carbons (Fsp3) is 0.533. The van der Waals surface area contributed by atoms with Gasteiger partial charge < -0.3 is 10.1 Å². The molecule has 1 aromatic rings. The summed E-state index contributed by atoms with van der Waals surface area (Å²) >= 11 is 0. The second kappa shape index (κ2) is 4.72. The number of ether oxygens (including phenoxy) is 1. The Morgan fingerprint density at radius 3 is 2.83 bits per heavy atom. The lowest BCUT2D eigenvalue weighted by Gasteiger charge is -2.32. The summed E-state index contributed by atoms with van der Waals surface area (Å²) in [5.41, 5.74) is 2.36. The predicted molar refractivity (Wildman–Crippen MR) is 70.6 cm³/mol. The fourth-order valence-corrected chi connectivity index (χ4v) is 3.14. The van der Waals surface area contributed by atoms with Gasteiger partial charge in [0.2, 0.25) is 0 Å². The van der Waals surface area contributed by atoms with Crippen LogP contribution in [-0.2, 0) is 4.74 Å². The third-order valence-corrected chi connectivity index (χ3v) is 4.19. The summed E-state index contributed by atoms with van der Waals surface area (Å²) in [6, 6.07) is 8.40. The maximum absolute atomic E-state index is 6.97. The Hall–Kier alpha value is -1.37. The summed E-state index contributed by atoms with van der Waals surface area (Å²) in [5, 5.41) is 3.61. The first-order chi connectivity index (χ1) is 8.81. The molecule has 0 aromatic heterocycles. The molecule has 0 amide bonds. The highest BCUT2D eigenvalue weighted by Gasteiger charge is 2.40. The molecule has 18 heavy (non-hydrogen) atoms. The minimum absolute atomic E-state index is 0.349. The molecular weight excluding hydrogens is 224 g/mol. The molecule has 2 atom stereocenters. The molecule has 3 heteroatoms. The summed E-state index contributed by atoms with van der Waals surface area (Å²) in [7, 11) is 0. The van der Waals surface area contributed by atoms with Gasteiger partial charge in [-0.25, -0.2) is 4.85 Å². The van der Waals surface area contributed by atoms with Gasteiger partial charge >= 0.3 is 0 Å². The first-order valence-electron chi connectivity index (χ1n) is 6.60. The maximum atomic E-state index is 6.97. The van der Waals surface area contributed by atoms with Crippen molar-refractivity contribution in [3.8, 4) is 0 Å². The van der Waals surface area contributed by atoms with Crippen molar-refractivity contribution in [3.05, 3.63) is 41.2 Å². The van der Waals surface area contributed by atoms with Gasteiger partial charge in [0.15, 0.2) is 5.69 Å². The van der Waals surface area contributed by atoms with Crippen LogP contribution in [0.5, 0.6) is 0 Å². The Labute approximate surface area is 108 Å². The average molecular weight is 242 g/mol. The number of benzene rings is 1. The zero-order chi connectivity index (χ0) is 12.4. The van der Waals surface area contributed by atoms with E-state index in [1.54, 1.807) is 0 Å². The average Bonchev–Trinajstić information content (AvgIpc) is 2.83. The molecule has 0 aliphatic carbocycles. The molecule has 1 spiro atoms. The van der Waals surface area contributed by atoms with Crippen molar-refractivity contribution in [3.63, 3.8) is 0 Å². The highest BCUT2D eigenvalue weighted by Crippen LogP contribution is 2.42. The van der Waals surface area contributed by atoms with Crippen molar-refractivity contribution >= 4 is 5.69 Å². The number of nitrogens with one attached hydrogen (secondary N) is 1. The predicted octanol–water partition coefficient (Wildman–Crippen LogP) is 3.07. The molecule has 2 aliphatic heterocycles. The van der Waals surface area contributed by atoms with Crippen molar-refractivity contribution < 1.29 is 4.74 Å². The van der Waals surface area contributed by atoms with Crippen LogP contribution in [0.3, 0.4) is 0 Å². The number of rotatable bonds is 1. The van der Waals surface area contributed by atoms with Gasteiger partial charge in [-0.15, -0.1) is 0 Å². The molecule has 2 fully saturated rings. The molecule has 2 heterocycles. The lowest BCUT2D eigenvalue weighted by Crippen LogP contribution is -2.33. The standard InChI is InChI=1S/C15H18N2O/c1-16-13-5-3-12(4-6-13)14-9-15(10-17-14)7-2-8-18-11-15/h3-6,14,17H,2,7-11H2. The largest absolute Gasteiger partial charge is 0.381 e. The normalized spacial score (nSPS) is 31.4. The van der Waals surface area contributed by atoms with Crippen LogP contribution in [0.25, 0.3) is 4.85 Å². The van der Waals surface area contributed by atoms with Crippen LogP contribution >= 0.6 is 0 Å². The van der Waals surface area contributed by atoms with Gasteiger partial charge in [0.25, 0.3) is 0 Å². The molecule has 1 N–H and O–H groups in total. The minimum Gasteiger partial charge on any atom is -0.381 e. The maximum Gasteiger partial charge on any atom is 0.187 e. The van der Waals surface area contributed by atoms with Gasteiger partial charge in [0.1, 0.15) is 0 Å². The highest BCUT2D eigenvalue weighted by molar-refractivity contribution is 5.46. The Balaban J connectivity index is 1.72. The third-order valence-electron chi connectivity index (χ3n) is 4.19. The summed E-state index contributed by atoms with van der Waals surface area (Å²) in [6.45, 7) is 9.85. The van der Waals surface area contributed by atoms with E-state index in [0.29, 0.717) is 17.1 Å². The fourth-order valence-electron chi connectivity index (χ4n) is 3.14. The minimum atomic E-state index is 0.349. The number of hydrogen-bond acceptors (Lipinski definition) is 2. The quantitative estimate of drug-likeness (QED) is 0.766. The number of nitrogens with zero attached hydrogens (tertiary/aromatic N) is 1. The van der Waals surface area contributed by atoms with Gasteiger partial charge in [0.05, 0.1) is 13.2 Å². The number of hydrogen-bond donors (Lipinski definition) is 1. The van der Waals surface area contributed by atoms with E-state index in [2.05, 4.69) is 22.3 Å². The van der Waals surface area contributed by atoms with Crippen molar-refractivity contribution in [1.29, 1.82) is 0 Å². The Morgan fingerprint density at radius 1 is 1.33 bits per heavy atom. The van der Waals surface area contributed by atoms with Crippen LogP contribution in [0.15, 0.2) is 24.3 Å². The molecule has 3 nitrogen and oxygen atoms in total. The van der Waals surface area contributed by atoms with Crippen LogP contribution in [0.1, 0.15) is 30.9 Å². The Morgan fingerprint density at radius 2 is 2.17 bits per heavy atom. The van der Waals surface area contributed by atoms with Gasteiger partial charge in [-0.3, -0.25) is 0 Å². The molecule has 94 valence electrons. The van der Waals surface area contributed by atoms with Gasteiger partial charge in [-0.05, 0) is 24.8 Å². The molecule has 1 aromatic carbocycles. The molecule has 2 saturated heterocycles. The van der Waals surface area contributed by atoms with Crippen molar-refractivity contribution in [2.24, 2.45) is 5.41 Å². The van der Waals surface area contributed by atoms with Crippen LogP contribution in [0, 0.1) is 12.0 Å². The van der Waals surface area contributed by atoms with Crippen LogP contribution in [0.4, 0.5) is 5.69 Å². The van der Waals surface area contributed by atoms with Crippen molar-refractivity contribution in [2.45, 2.75) is 25.3 Å². The Bertz CT molecular complexity index is 454. The third kappa shape index (κ3) is 2.14. The molecule has 0 bridgehead atoms. The summed E-state index contributed by atoms with van der Waals surface area (Å²) < 4.78 is 5.65. The SMILES string of the molecule is [C-]#[N+]c1ccc(C2CC3(CCCOC3)CN2)cc1. The van der Waals surface area contributed by atoms with Gasteiger partial charge in [0, 0.05) is 24.6 Å². The van der Waals surface area contributed by atoms with E-state index in [9.17, 15) is 0 Å². The van der Waals surface area contributed by atoms with Crippen molar-refractivity contribution in [1.82, 2.24) is 5.32 Å². The molecule has 2 unspecified atom stereocenters. The molecular formula is C15H18N2O. The topological polar surface area (TPSA) is 25.6 Å². The lowest BCUT2D eigenvalue weighted by molar-refractivity contribution is 0.00212. The van der Waals surface area contributed by atoms with Gasteiger partial charge in [-0.1, -0.05) is 24.3 Å². The lowest BCUT2D eigenvalue weighted by atomic mass is 9.79. The van der Waals surface area contributed by atoms with Crippen LogP contribution in [0.2, 0.25) is 0 Å². The van der Waals surface area contributed by atoms with Crippen LogP contribution in [-0.4, -0.2) is 19.8 Å². The smallest absolute Gasteiger partial charge is 0.187 e. The zero-order valence-electron chi connectivity index (χ0n) is 10.5. The Kier molecular flexibility index (Phi) is 3.07. The molecule has 0 radical (unpaired) electrons. The van der Waals surface area contributed by atoms with E-state index in [1.165, 1.54) is 18.4 Å².